The molecular formula is C19H21Na2O10PS. The smallest absolute Gasteiger partial charge is 0.780 e. The first-order valence-corrected chi connectivity index (χ1v) is 11.8. The van der Waals surface area contributed by atoms with Crippen LogP contribution in [0.15, 0.2) is 35.7 Å². The van der Waals surface area contributed by atoms with Crippen molar-refractivity contribution in [1.29, 1.82) is 0 Å². The van der Waals surface area contributed by atoms with E-state index in [9.17, 15) is 22.8 Å². The van der Waals surface area contributed by atoms with E-state index in [1.165, 1.54) is 46.6 Å². The zero-order chi connectivity index (χ0) is 23.2. The minimum absolute atomic E-state index is 0. The van der Waals surface area contributed by atoms with Crippen molar-refractivity contribution < 1.29 is 105 Å². The SMILES string of the molecule is COc1cc(OC)c(/C=C/S(=O)(=O)Cc2ccc(OC)c(OP(=O)([O-])[O-])c2)c(OC)c1.[Na+].[Na+]. The number of phosphoric acid groups is 1. The Morgan fingerprint density at radius 1 is 0.848 bits per heavy atom. The predicted octanol–water partition coefficient (Wildman–Crippen LogP) is -4.48. The maximum Gasteiger partial charge on any atom is 1.00 e. The van der Waals surface area contributed by atoms with Gasteiger partial charge in [-0.3, -0.25) is 0 Å². The van der Waals surface area contributed by atoms with Gasteiger partial charge in [-0.25, -0.2) is 8.42 Å². The van der Waals surface area contributed by atoms with Crippen molar-refractivity contribution >= 4 is 23.7 Å². The van der Waals surface area contributed by atoms with Gasteiger partial charge in [-0.05, 0) is 23.8 Å². The van der Waals surface area contributed by atoms with Crippen molar-refractivity contribution in [3.63, 3.8) is 0 Å². The van der Waals surface area contributed by atoms with Crippen LogP contribution < -0.4 is 92.4 Å². The van der Waals surface area contributed by atoms with E-state index < -0.39 is 29.2 Å². The van der Waals surface area contributed by atoms with Crippen LogP contribution in [-0.4, -0.2) is 36.9 Å². The van der Waals surface area contributed by atoms with Crippen LogP contribution in [-0.2, 0) is 20.2 Å². The molecular weight excluding hydrogens is 497 g/mol. The van der Waals surface area contributed by atoms with Gasteiger partial charge in [0.1, 0.15) is 25.1 Å². The second-order valence-electron chi connectivity index (χ2n) is 6.08. The molecule has 0 aliphatic heterocycles. The summed E-state index contributed by atoms with van der Waals surface area (Å²) in [5.41, 5.74) is 0.564. The van der Waals surface area contributed by atoms with E-state index in [1.54, 1.807) is 12.1 Å². The van der Waals surface area contributed by atoms with Crippen LogP contribution in [0.4, 0.5) is 0 Å². The van der Waals surface area contributed by atoms with Crippen LogP contribution in [0.5, 0.6) is 28.7 Å². The number of hydrogen-bond acceptors (Lipinski definition) is 10. The molecule has 0 aliphatic carbocycles. The van der Waals surface area contributed by atoms with Gasteiger partial charge in [-0.2, -0.15) is 0 Å². The Hall–Kier alpha value is -0.720. The summed E-state index contributed by atoms with van der Waals surface area (Å²) in [6.45, 7) is 0. The number of ether oxygens (including phenoxy) is 4. The first-order valence-electron chi connectivity index (χ1n) is 8.61. The summed E-state index contributed by atoms with van der Waals surface area (Å²) in [7, 11) is -3.62. The largest absolute Gasteiger partial charge is 1.00 e. The Bertz CT molecular complexity index is 1090. The van der Waals surface area contributed by atoms with Gasteiger partial charge in [0.05, 0.1) is 39.8 Å². The molecule has 0 saturated carbocycles. The van der Waals surface area contributed by atoms with Gasteiger partial charge in [-0.1, -0.05) is 6.07 Å². The zero-order valence-electron chi connectivity index (χ0n) is 19.2. The van der Waals surface area contributed by atoms with E-state index in [-0.39, 0.29) is 70.4 Å². The molecule has 0 radical (unpaired) electrons. The van der Waals surface area contributed by atoms with Gasteiger partial charge in [-0.15, -0.1) is 0 Å². The monoisotopic (exact) mass is 518 g/mol. The second-order valence-corrected chi connectivity index (χ2v) is 9.04. The van der Waals surface area contributed by atoms with Gasteiger partial charge in [0.25, 0.3) is 0 Å². The van der Waals surface area contributed by atoms with Crippen molar-refractivity contribution in [1.82, 2.24) is 0 Å². The summed E-state index contributed by atoms with van der Waals surface area (Å²) in [4.78, 5) is 21.8. The third-order valence-electron chi connectivity index (χ3n) is 4.00. The van der Waals surface area contributed by atoms with Crippen molar-refractivity contribution in [2.45, 2.75) is 5.75 Å². The molecule has 33 heavy (non-hydrogen) atoms. The second kappa shape index (κ2) is 14.0. The van der Waals surface area contributed by atoms with Gasteiger partial charge in [0.15, 0.2) is 21.3 Å². The fourth-order valence-corrected chi connectivity index (χ4v) is 4.12. The molecule has 0 aliphatic rings. The van der Waals surface area contributed by atoms with Gasteiger partial charge >= 0.3 is 59.1 Å². The van der Waals surface area contributed by atoms with E-state index in [4.69, 9.17) is 18.9 Å². The fraction of sp³-hybridized carbons (Fsp3) is 0.263. The average Bonchev–Trinajstić information content (AvgIpc) is 2.70. The molecule has 0 N–H and O–H groups in total. The molecule has 0 fully saturated rings. The molecule has 0 amide bonds. The minimum atomic E-state index is -5.36. The fourth-order valence-electron chi connectivity index (χ4n) is 2.65. The molecule has 170 valence electrons. The average molecular weight is 518 g/mol. The summed E-state index contributed by atoms with van der Waals surface area (Å²) < 4.78 is 61.1. The Kier molecular flexibility index (Phi) is 13.7. The van der Waals surface area contributed by atoms with Crippen LogP contribution in [0.3, 0.4) is 0 Å². The Morgan fingerprint density at radius 3 is 1.85 bits per heavy atom. The number of benzene rings is 2. The van der Waals surface area contributed by atoms with Crippen LogP contribution in [0, 0.1) is 0 Å². The molecule has 2 aromatic rings. The Balaban J connectivity index is 0.00000512. The molecule has 14 heteroatoms. The summed E-state index contributed by atoms with van der Waals surface area (Å²) in [5, 5.41) is 0.969. The van der Waals surface area contributed by atoms with Gasteiger partial charge in [0.2, 0.25) is 0 Å². The van der Waals surface area contributed by atoms with E-state index in [1.807, 2.05) is 0 Å². The normalized spacial score (nSPS) is 11.2. The van der Waals surface area contributed by atoms with Crippen molar-refractivity contribution in [3.8, 4) is 28.7 Å². The number of sulfone groups is 1. The third kappa shape index (κ3) is 9.81. The van der Waals surface area contributed by atoms with Crippen LogP contribution in [0.2, 0.25) is 0 Å². The van der Waals surface area contributed by atoms with E-state index >= 15 is 0 Å². The standard InChI is InChI=1S/C19H23O10PS.2Na/c1-25-14-10-17(27-3)15(18(11-14)28-4)7-8-31(23,24)12-13-5-6-16(26-2)19(9-13)29-30(20,21)22;;/h5-11H,12H2,1-4H3,(H2,20,21,22);;/q;2*+1/p-2/b8-7+;;. The van der Waals surface area contributed by atoms with Crippen LogP contribution >= 0.6 is 7.82 Å². The van der Waals surface area contributed by atoms with Crippen LogP contribution in [0.1, 0.15) is 11.1 Å². The topological polar surface area (TPSA) is 143 Å². The van der Waals surface area contributed by atoms with E-state index in [0.717, 1.165) is 11.5 Å². The maximum atomic E-state index is 12.6. The summed E-state index contributed by atoms with van der Waals surface area (Å²) >= 11 is 0. The Labute approximate surface area is 237 Å². The Morgan fingerprint density at radius 2 is 1.39 bits per heavy atom. The molecule has 2 aromatic carbocycles. The molecule has 0 heterocycles. The summed E-state index contributed by atoms with van der Waals surface area (Å²) in [5.74, 6) is 0.219. The molecule has 0 unspecified atom stereocenters. The van der Waals surface area contributed by atoms with E-state index in [2.05, 4.69) is 4.52 Å². The molecule has 10 nitrogen and oxygen atoms in total. The molecule has 0 atom stereocenters. The minimum Gasteiger partial charge on any atom is -0.780 e. The molecule has 2 rings (SSSR count). The van der Waals surface area contributed by atoms with Crippen molar-refractivity contribution in [2.75, 3.05) is 28.4 Å². The number of methoxy groups -OCH3 is 4. The van der Waals surface area contributed by atoms with E-state index in [0.29, 0.717) is 22.8 Å². The summed E-state index contributed by atoms with van der Waals surface area (Å²) in [6.07, 6.45) is 1.32. The van der Waals surface area contributed by atoms with Gasteiger partial charge in [0, 0.05) is 17.5 Å². The first kappa shape index (κ1) is 32.3. The van der Waals surface area contributed by atoms with Crippen LogP contribution in [0.25, 0.3) is 6.08 Å². The molecule has 0 spiro atoms. The first-order chi connectivity index (χ1) is 14.5. The summed E-state index contributed by atoms with van der Waals surface area (Å²) in [6, 6.07) is 6.97. The molecule has 0 saturated heterocycles. The quantitative estimate of drug-likeness (QED) is 0.223. The predicted molar refractivity (Wildman–Crippen MR) is 109 cm³/mol. The molecule has 0 bridgehead atoms. The number of rotatable bonds is 10. The van der Waals surface area contributed by atoms with Gasteiger partial charge < -0.3 is 37.8 Å². The zero-order valence-corrected chi connectivity index (χ0v) is 24.9. The van der Waals surface area contributed by atoms with Crippen molar-refractivity contribution in [2.24, 2.45) is 0 Å². The third-order valence-corrected chi connectivity index (χ3v) is 5.71. The maximum absolute atomic E-state index is 12.6. The number of phosphoric ester groups is 1. The van der Waals surface area contributed by atoms with Crippen molar-refractivity contribution in [3.05, 3.63) is 46.9 Å². The molecule has 0 aromatic heterocycles. The number of hydrogen-bond donors (Lipinski definition) is 0.